The van der Waals surface area contributed by atoms with E-state index in [2.05, 4.69) is 15.5 Å². The largest absolute Gasteiger partial charge is 0.455 e. The van der Waals surface area contributed by atoms with E-state index in [9.17, 15) is 4.79 Å². The summed E-state index contributed by atoms with van der Waals surface area (Å²) in [5, 5.41) is 10.8. The molecule has 1 aliphatic carbocycles. The van der Waals surface area contributed by atoms with E-state index >= 15 is 0 Å². The van der Waals surface area contributed by atoms with Gasteiger partial charge in [0, 0.05) is 23.2 Å². The molecule has 3 rings (SSSR count). The summed E-state index contributed by atoms with van der Waals surface area (Å²) in [6.45, 7) is 5.89. The molecule has 2 aromatic rings. The van der Waals surface area contributed by atoms with Gasteiger partial charge in [-0.25, -0.2) is 0 Å². The topological polar surface area (TPSA) is 119 Å². The Hall–Kier alpha value is -3.09. The Labute approximate surface area is 152 Å². The first kappa shape index (κ1) is 17.7. The predicted octanol–water partition coefficient (Wildman–Crippen LogP) is 2.77. The first-order chi connectivity index (χ1) is 12.4. The van der Waals surface area contributed by atoms with Crippen LogP contribution < -0.4 is 16.8 Å². The van der Waals surface area contributed by atoms with Crippen molar-refractivity contribution in [2.45, 2.75) is 40.0 Å². The molecule has 1 heterocycles. The maximum Gasteiger partial charge on any atom is 0.291 e. The molecule has 1 aliphatic rings. The highest BCUT2D eigenvalue weighted by Crippen LogP contribution is 2.30. The van der Waals surface area contributed by atoms with Gasteiger partial charge in [0.2, 0.25) is 5.96 Å². The summed E-state index contributed by atoms with van der Waals surface area (Å²) in [7, 11) is 0. The van der Waals surface area contributed by atoms with E-state index in [0.29, 0.717) is 5.76 Å². The van der Waals surface area contributed by atoms with Gasteiger partial charge in [0.25, 0.3) is 5.91 Å². The van der Waals surface area contributed by atoms with E-state index in [1.54, 1.807) is 0 Å². The van der Waals surface area contributed by atoms with Crippen LogP contribution in [0.3, 0.4) is 0 Å². The summed E-state index contributed by atoms with van der Waals surface area (Å²) >= 11 is 0. The Morgan fingerprint density at radius 2 is 1.92 bits per heavy atom. The molecule has 136 valence electrons. The number of rotatable bonds is 3. The molecule has 0 saturated carbocycles. The number of nitrogens with one attached hydrogen (secondary N) is 1. The number of carbonyl (C=O) groups is 1. The van der Waals surface area contributed by atoms with Gasteiger partial charge in [0.05, 0.1) is 5.71 Å². The Morgan fingerprint density at radius 3 is 2.62 bits per heavy atom. The number of aryl methyl sites for hydroxylation is 3. The van der Waals surface area contributed by atoms with Crippen molar-refractivity contribution in [2.24, 2.45) is 21.7 Å². The van der Waals surface area contributed by atoms with Gasteiger partial charge in [0.15, 0.2) is 5.76 Å². The Morgan fingerprint density at radius 1 is 1.15 bits per heavy atom. The van der Waals surface area contributed by atoms with Gasteiger partial charge in [-0.3, -0.25) is 4.79 Å². The van der Waals surface area contributed by atoms with Crippen molar-refractivity contribution in [1.82, 2.24) is 0 Å². The molecule has 26 heavy (non-hydrogen) atoms. The highest BCUT2D eigenvalue weighted by Gasteiger charge is 2.28. The van der Waals surface area contributed by atoms with Gasteiger partial charge in [-0.2, -0.15) is 5.10 Å². The quantitative estimate of drug-likeness (QED) is 0.446. The number of amides is 1. The normalized spacial score (nSPS) is 14.8. The third-order valence-corrected chi connectivity index (χ3v) is 4.58. The Bertz CT molecular complexity index is 920. The number of anilines is 1. The third-order valence-electron chi connectivity index (χ3n) is 4.58. The van der Waals surface area contributed by atoms with Crippen LogP contribution in [0, 0.1) is 20.8 Å². The lowest BCUT2D eigenvalue weighted by Gasteiger charge is -2.11. The van der Waals surface area contributed by atoms with E-state index < -0.39 is 0 Å². The minimum Gasteiger partial charge on any atom is -0.455 e. The van der Waals surface area contributed by atoms with Crippen molar-refractivity contribution < 1.29 is 9.21 Å². The fourth-order valence-electron chi connectivity index (χ4n) is 3.11. The van der Waals surface area contributed by atoms with Crippen LogP contribution in [0.2, 0.25) is 0 Å². The van der Waals surface area contributed by atoms with Crippen LogP contribution in [0.25, 0.3) is 0 Å². The lowest BCUT2D eigenvalue weighted by molar-refractivity contribution is 0.0994. The summed E-state index contributed by atoms with van der Waals surface area (Å²) in [6.07, 6.45) is 2.37. The number of hydrogen-bond acceptors (Lipinski definition) is 4. The van der Waals surface area contributed by atoms with E-state index in [1.807, 2.05) is 39.0 Å². The molecule has 0 fully saturated rings. The molecule has 1 aromatic carbocycles. The maximum atomic E-state index is 12.7. The van der Waals surface area contributed by atoms with Crippen molar-refractivity contribution in [2.75, 3.05) is 5.32 Å². The van der Waals surface area contributed by atoms with E-state index in [0.717, 1.165) is 53.1 Å². The van der Waals surface area contributed by atoms with Crippen LogP contribution in [0.5, 0.6) is 0 Å². The van der Waals surface area contributed by atoms with Crippen LogP contribution in [-0.2, 0) is 6.42 Å². The second-order valence-electron chi connectivity index (χ2n) is 6.53. The van der Waals surface area contributed by atoms with Crippen molar-refractivity contribution >= 4 is 23.3 Å². The van der Waals surface area contributed by atoms with Crippen LogP contribution in [-0.4, -0.2) is 17.6 Å². The molecule has 7 heteroatoms. The minimum absolute atomic E-state index is 0.0986. The summed E-state index contributed by atoms with van der Waals surface area (Å²) < 4.78 is 5.86. The van der Waals surface area contributed by atoms with Gasteiger partial charge >= 0.3 is 0 Å². The average Bonchev–Trinajstić information content (AvgIpc) is 2.94. The van der Waals surface area contributed by atoms with Gasteiger partial charge in [-0.1, -0.05) is 6.07 Å². The molecular weight excluding hydrogens is 330 g/mol. The lowest BCUT2D eigenvalue weighted by Crippen LogP contribution is -2.22. The molecule has 0 atom stereocenters. The fraction of sp³-hybridized carbons (Fsp3) is 0.316. The zero-order chi connectivity index (χ0) is 18.8. The maximum absolute atomic E-state index is 12.7. The number of fused-ring (bicyclic) bond motifs is 1. The number of nitrogens with zero attached hydrogens (tertiary/aromatic N) is 2. The van der Waals surface area contributed by atoms with E-state index in [-0.39, 0.29) is 11.9 Å². The summed E-state index contributed by atoms with van der Waals surface area (Å²) in [6, 6.07) is 5.80. The molecule has 0 saturated heterocycles. The van der Waals surface area contributed by atoms with E-state index in [1.165, 1.54) is 5.56 Å². The second kappa shape index (κ2) is 7.03. The zero-order valence-electron chi connectivity index (χ0n) is 15.2. The predicted molar refractivity (Wildman–Crippen MR) is 103 cm³/mol. The molecule has 0 bridgehead atoms. The van der Waals surface area contributed by atoms with Gasteiger partial charge in [-0.15, -0.1) is 5.10 Å². The highest BCUT2D eigenvalue weighted by molar-refractivity contribution is 6.09. The van der Waals surface area contributed by atoms with Crippen LogP contribution in [0.4, 0.5) is 5.69 Å². The SMILES string of the molecule is Cc1ccc(NC(=O)c2oc3c(c2C)/C(=N/N=C(N)N)CCC3)cc1C. The summed E-state index contributed by atoms with van der Waals surface area (Å²) in [5.41, 5.74) is 16.1. The molecule has 5 N–H and O–H groups in total. The van der Waals surface area contributed by atoms with Crippen LogP contribution >= 0.6 is 0 Å². The molecule has 0 aliphatic heterocycles. The summed E-state index contributed by atoms with van der Waals surface area (Å²) in [5.74, 6) is 0.677. The second-order valence-corrected chi connectivity index (χ2v) is 6.53. The number of guanidine groups is 1. The number of benzene rings is 1. The van der Waals surface area contributed by atoms with Gasteiger partial charge < -0.3 is 21.2 Å². The van der Waals surface area contributed by atoms with Crippen LogP contribution in [0.15, 0.2) is 32.8 Å². The monoisotopic (exact) mass is 353 g/mol. The van der Waals surface area contributed by atoms with Crippen molar-refractivity contribution in [1.29, 1.82) is 0 Å². The molecular formula is C19H23N5O2. The Balaban J connectivity index is 1.92. The molecule has 1 aromatic heterocycles. The number of furan rings is 1. The highest BCUT2D eigenvalue weighted by atomic mass is 16.4. The minimum atomic E-state index is -0.277. The number of hydrogen-bond donors (Lipinski definition) is 3. The van der Waals surface area contributed by atoms with Crippen molar-refractivity contribution in [3.05, 3.63) is 52.0 Å². The number of carbonyl (C=O) groups excluding carboxylic acids is 1. The molecule has 0 radical (unpaired) electrons. The zero-order valence-corrected chi connectivity index (χ0v) is 15.2. The average molecular weight is 353 g/mol. The number of nitrogens with two attached hydrogens (primary N) is 2. The van der Waals surface area contributed by atoms with Gasteiger partial charge in [0.1, 0.15) is 5.76 Å². The van der Waals surface area contributed by atoms with Crippen LogP contribution in [0.1, 0.15) is 51.4 Å². The van der Waals surface area contributed by atoms with Crippen molar-refractivity contribution in [3.63, 3.8) is 0 Å². The first-order valence-electron chi connectivity index (χ1n) is 8.53. The Kier molecular flexibility index (Phi) is 4.79. The standard InChI is InChI=1S/C19H23N5O2/c1-10-7-8-13(9-11(10)2)22-18(25)17-12(3)16-14(23-24-19(20)21)5-4-6-15(16)26-17/h7-9H,4-6H2,1-3H3,(H,22,25)(H4,20,21,24)/b23-14+. The summed E-state index contributed by atoms with van der Waals surface area (Å²) in [4.78, 5) is 12.7. The molecule has 0 unspecified atom stereocenters. The molecule has 7 nitrogen and oxygen atoms in total. The van der Waals surface area contributed by atoms with Crippen molar-refractivity contribution in [3.8, 4) is 0 Å². The smallest absolute Gasteiger partial charge is 0.291 e. The first-order valence-corrected chi connectivity index (χ1v) is 8.53. The lowest BCUT2D eigenvalue weighted by atomic mass is 9.93. The van der Waals surface area contributed by atoms with E-state index in [4.69, 9.17) is 15.9 Å². The fourth-order valence-corrected chi connectivity index (χ4v) is 3.11. The molecule has 0 spiro atoms. The molecule has 1 amide bonds. The third kappa shape index (κ3) is 3.46. The van der Waals surface area contributed by atoms with Gasteiger partial charge in [-0.05, 0) is 56.9 Å².